The Morgan fingerprint density at radius 2 is 1.70 bits per heavy atom. The Bertz CT molecular complexity index is 681. The fraction of sp³-hybridized carbons (Fsp3) is 0.200. The molecule has 0 heterocycles. The minimum Gasteiger partial charge on any atom is -0.207 e. The number of hydrogen-bond acceptors (Lipinski definition) is 2. The number of nitrogens with one attached hydrogen (secondary N) is 1. The van der Waals surface area contributed by atoms with E-state index in [2.05, 4.69) is 20.7 Å². The SMILES string of the molecule is Cc1ccccc1CNS(=O)(=O)c1ccc(CBr)cc1. The van der Waals surface area contributed by atoms with E-state index in [0.29, 0.717) is 11.9 Å². The number of hydrogen-bond donors (Lipinski definition) is 1. The molecule has 1 N–H and O–H groups in total. The lowest BCUT2D eigenvalue weighted by Gasteiger charge is -2.09. The van der Waals surface area contributed by atoms with E-state index >= 15 is 0 Å². The molecule has 0 spiro atoms. The third kappa shape index (κ3) is 3.69. The molecule has 0 amide bonds. The summed E-state index contributed by atoms with van der Waals surface area (Å²) < 4.78 is 27.0. The van der Waals surface area contributed by atoms with Crippen LogP contribution in [0.2, 0.25) is 0 Å². The summed E-state index contributed by atoms with van der Waals surface area (Å²) >= 11 is 3.34. The molecule has 0 atom stereocenters. The van der Waals surface area contributed by atoms with Gasteiger partial charge in [-0.15, -0.1) is 0 Å². The van der Waals surface area contributed by atoms with Gasteiger partial charge in [0, 0.05) is 11.9 Å². The van der Waals surface area contributed by atoms with Crippen LogP contribution in [0.3, 0.4) is 0 Å². The standard InChI is InChI=1S/C15H16BrNO2S/c1-12-4-2-3-5-14(12)11-17-20(18,19)15-8-6-13(10-16)7-9-15/h2-9,17H,10-11H2,1H3. The Labute approximate surface area is 128 Å². The van der Waals surface area contributed by atoms with Crippen molar-refractivity contribution in [2.24, 2.45) is 0 Å². The number of benzene rings is 2. The molecule has 0 radical (unpaired) electrons. The van der Waals surface area contributed by atoms with Crippen molar-refractivity contribution < 1.29 is 8.42 Å². The van der Waals surface area contributed by atoms with Crippen LogP contribution in [0.1, 0.15) is 16.7 Å². The predicted octanol–water partition coefficient (Wildman–Crippen LogP) is 3.37. The number of halogens is 1. The van der Waals surface area contributed by atoms with Gasteiger partial charge in [-0.1, -0.05) is 52.3 Å². The van der Waals surface area contributed by atoms with E-state index in [1.54, 1.807) is 24.3 Å². The molecule has 106 valence electrons. The summed E-state index contributed by atoms with van der Waals surface area (Å²) in [5.41, 5.74) is 3.10. The van der Waals surface area contributed by atoms with Gasteiger partial charge in [0.1, 0.15) is 0 Å². The second-order valence-electron chi connectivity index (χ2n) is 4.53. The zero-order valence-corrected chi connectivity index (χ0v) is 13.5. The maximum absolute atomic E-state index is 12.2. The summed E-state index contributed by atoms with van der Waals surface area (Å²) in [7, 11) is -3.47. The highest BCUT2D eigenvalue weighted by molar-refractivity contribution is 9.08. The van der Waals surface area contributed by atoms with Crippen molar-refractivity contribution in [2.45, 2.75) is 23.7 Å². The Morgan fingerprint density at radius 1 is 1.05 bits per heavy atom. The first-order valence-electron chi connectivity index (χ1n) is 6.22. The van der Waals surface area contributed by atoms with Crippen molar-refractivity contribution in [3.8, 4) is 0 Å². The molecule has 0 aromatic heterocycles. The summed E-state index contributed by atoms with van der Waals surface area (Å²) in [5.74, 6) is 0. The largest absolute Gasteiger partial charge is 0.240 e. The second kappa shape index (κ2) is 6.52. The Hall–Kier alpha value is -1.17. The van der Waals surface area contributed by atoms with Gasteiger partial charge < -0.3 is 0 Å². The smallest absolute Gasteiger partial charge is 0.207 e. The zero-order chi connectivity index (χ0) is 14.6. The average molecular weight is 354 g/mol. The monoisotopic (exact) mass is 353 g/mol. The summed E-state index contributed by atoms with van der Waals surface area (Å²) in [6.45, 7) is 2.27. The van der Waals surface area contributed by atoms with Gasteiger partial charge in [-0.2, -0.15) is 0 Å². The van der Waals surface area contributed by atoms with Gasteiger partial charge in [0.25, 0.3) is 0 Å². The molecule has 5 heteroatoms. The Morgan fingerprint density at radius 3 is 2.30 bits per heavy atom. The van der Waals surface area contributed by atoms with Gasteiger partial charge in [0.15, 0.2) is 0 Å². The van der Waals surface area contributed by atoms with Gasteiger partial charge in [0.05, 0.1) is 4.90 Å². The molecule has 2 aromatic rings. The molecule has 0 saturated carbocycles. The minimum atomic E-state index is -3.47. The number of rotatable bonds is 5. The molecule has 0 fully saturated rings. The number of aryl methyl sites for hydroxylation is 1. The van der Waals surface area contributed by atoms with E-state index in [-0.39, 0.29) is 4.90 Å². The van der Waals surface area contributed by atoms with Gasteiger partial charge >= 0.3 is 0 Å². The molecule has 2 aromatic carbocycles. The van der Waals surface area contributed by atoms with Crippen LogP contribution in [0.4, 0.5) is 0 Å². The average Bonchev–Trinajstić information content (AvgIpc) is 2.46. The maximum Gasteiger partial charge on any atom is 0.240 e. The van der Waals surface area contributed by atoms with Crippen molar-refractivity contribution >= 4 is 26.0 Å². The highest BCUT2D eigenvalue weighted by Crippen LogP contribution is 2.14. The molecule has 0 saturated heterocycles. The van der Waals surface area contributed by atoms with Gasteiger partial charge in [-0.05, 0) is 35.7 Å². The lowest BCUT2D eigenvalue weighted by atomic mass is 10.1. The van der Waals surface area contributed by atoms with E-state index in [0.717, 1.165) is 16.7 Å². The number of alkyl halides is 1. The van der Waals surface area contributed by atoms with Crippen molar-refractivity contribution in [3.63, 3.8) is 0 Å². The maximum atomic E-state index is 12.2. The molecule has 0 aliphatic heterocycles. The highest BCUT2D eigenvalue weighted by Gasteiger charge is 2.13. The summed E-state index contributed by atoms with van der Waals surface area (Å²) in [5, 5.41) is 0.712. The summed E-state index contributed by atoms with van der Waals surface area (Å²) in [6.07, 6.45) is 0. The third-order valence-corrected chi connectivity index (χ3v) is 5.17. The summed E-state index contributed by atoms with van der Waals surface area (Å²) in [6, 6.07) is 14.6. The van der Waals surface area contributed by atoms with Gasteiger partial charge in [0.2, 0.25) is 10.0 Å². The van der Waals surface area contributed by atoms with Gasteiger partial charge in [-0.25, -0.2) is 13.1 Å². The lowest BCUT2D eigenvalue weighted by Crippen LogP contribution is -2.23. The first kappa shape index (κ1) is 15.2. The molecule has 2 rings (SSSR count). The van der Waals surface area contributed by atoms with Gasteiger partial charge in [-0.3, -0.25) is 0 Å². The fourth-order valence-corrected chi connectivity index (χ4v) is 3.20. The van der Waals surface area contributed by atoms with Crippen molar-refractivity contribution in [2.75, 3.05) is 0 Å². The van der Waals surface area contributed by atoms with Crippen LogP contribution in [0, 0.1) is 6.92 Å². The van der Waals surface area contributed by atoms with Crippen LogP contribution in [0.15, 0.2) is 53.4 Å². The molecule has 0 bridgehead atoms. The van der Waals surface area contributed by atoms with Crippen LogP contribution >= 0.6 is 15.9 Å². The molecule has 3 nitrogen and oxygen atoms in total. The van der Waals surface area contributed by atoms with Crippen molar-refractivity contribution in [1.82, 2.24) is 4.72 Å². The Kier molecular flexibility index (Phi) is 4.96. The van der Waals surface area contributed by atoms with Crippen molar-refractivity contribution in [1.29, 1.82) is 0 Å². The zero-order valence-electron chi connectivity index (χ0n) is 11.1. The van der Waals surface area contributed by atoms with E-state index in [4.69, 9.17) is 0 Å². The van der Waals surface area contributed by atoms with E-state index in [9.17, 15) is 8.42 Å². The van der Waals surface area contributed by atoms with Crippen LogP contribution in [-0.2, 0) is 21.9 Å². The van der Waals surface area contributed by atoms with E-state index in [1.165, 1.54) is 0 Å². The topological polar surface area (TPSA) is 46.2 Å². The van der Waals surface area contributed by atoms with Crippen LogP contribution < -0.4 is 4.72 Å². The van der Waals surface area contributed by atoms with Crippen LogP contribution in [-0.4, -0.2) is 8.42 Å². The van der Waals surface area contributed by atoms with Crippen LogP contribution in [0.25, 0.3) is 0 Å². The van der Waals surface area contributed by atoms with Crippen LogP contribution in [0.5, 0.6) is 0 Å². The molecule has 0 aliphatic carbocycles. The molecule has 0 aliphatic rings. The Balaban J connectivity index is 2.13. The molecular formula is C15H16BrNO2S. The number of sulfonamides is 1. The fourth-order valence-electron chi connectivity index (χ4n) is 1.82. The highest BCUT2D eigenvalue weighted by atomic mass is 79.9. The molecular weight excluding hydrogens is 338 g/mol. The first-order chi connectivity index (χ1) is 9.53. The minimum absolute atomic E-state index is 0.288. The normalized spacial score (nSPS) is 11.5. The molecule has 0 unspecified atom stereocenters. The predicted molar refractivity (Wildman–Crippen MR) is 84.3 cm³/mol. The summed E-state index contributed by atoms with van der Waals surface area (Å²) in [4.78, 5) is 0.288. The van der Waals surface area contributed by atoms with Crippen molar-refractivity contribution in [3.05, 3.63) is 65.2 Å². The lowest BCUT2D eigenvalue weighted by molar-refractivity contribution is 0.581. The van der Waals surface area contributed by atoms with E-state index < -0.39 is 10.0 Å². The van der Waals surface area contributed by atoms with E-state index in [1.807, 2.05) is 31.2 Å². The second-order valence-corrected chi connectivity index (χ2v) is 6.86. The first-order valence-corrected chi connectivity index (χ1v) is 8.82. The quantitative estimate of drug-likeness (QED) is 0.837. The third-order valence-electron chi connectivity index (χ3n) is 3.10. The molecule has 20 heavy (non-hydrogen) atoms.